The van der Waals surface area contributed by atoms with Gasteiger partial charge < -0.3 is 10.8 Å². The number of nitrogens with zero attached hydrogens (tertiary/aromatic N) is 3. The molecule has 2 aromatic carbocycles. The van der Waals surface area contributed by atoms with Crippen LogP contribution < -0.4 is 5.73 Å². The molecule has 0 saturated carbocycles. The number of aromatic carboxylic acids is 1. The molecular weight excluding hydrogens is 537 g/mol. The number of benzene rings is 2. The minimum atomic E-state index is -1.23. The molecule has 0 aliphatic rings. The first-order valence-corrected chi connectivity index (χ1v) is 12.7. The molecule has 0 bridgehead atoms. The Hall–Kier alpha value is -4.80. The Bertz CT molecular complexity index is 1610. The van der Waals surface area contributed by atoms with Crippen LogP contribution in [0.1, 0.15) is 69.9 Å². The standard InChI is InChI=1S/C30H27F3N4O4/c1-16(2)27-14-26(30(40)41)36-37(27)15-22(38)11-19(8-17-9-20(31)13-21(32)10-17)28-23(4-3-7-35-28)18-5-6-25(33)24(12-18)29(34)39/h3-7,9-10,12-14,16,19H,8,11,15H2,1-2H3,(H2,34,39)(H,40,41)/t19-/m1/s1. The van der Waals surface area contributed by atoms with E-state index in [1.807, 2.05) is 13.8 Å². The van der Waals surface area contributed by atoms with E-state index < -0.39 is 35.2 Å². The molecule has 3 N–H and O–H groups in total. The van der Waals surface area contributed by atoms with Crippen LogP contribution >= 0.6 is 0 Å². The molecule has 0 saturated heterocycles. The number of amides is 1. The van der Waals surface area contributed by atoms with Crippen LogP contribution in [0, 0.1) is 17.5 Å². The van der Waals surface area contributed by atoms with Gasteiger partial charge in [-0.1, -0.05) is 26.0 Å². The van der Waals surface area contributed by atoms with Gasteiger partial charge in [0.25, 0.3) is 5.91 Å². The van der Waals surface area contributed by atoms with Crippen LogP contribution in [-0.2, 0) is 17.8 Å². The average molecular weight is 565 g/mol. The van der Waals surface area contributed by atoms with E-state index in [0.29, 0.717) is 22.5 Å². The van der Waals surface area contributed by atoms with Crippen molar-refractivity contribution in [1.82, 2.24) is 14.8 Å². The van der Waals surface area contributed by atoms with Crippen molar-refractivity contribution >= 4 is 17.7 Å². The molecule has 8 nitrogen and oxygen atoms in total. The molecule has 0 aliphatic carbocycles. The number of carboxylic acid groups (broad SMARTS) is 1. The second-order valence-electron chi connectivity index (χ2n) is 9.99. The Kier molecular flexibility index (Phi) is 8.65. The minimum absolute atomic E-state index is 0.0187. The van der Waals surface area contributed by atoms with Crippen LogP contribution in [0.4, 0.5) is 13.2 Å². The van der Waals surface area contributed by atoms with Gasteiger partial charge in [0.1, 0.15) is 17.5 Å². The van der Waals surface area contributed by atoms with Crippen molar-refractivity contribution in [3.05, 3.63) is 106 Å². The van der Waals surface area contributed by atoms with E-state index in [1.165, 1.54) is 29.1 Å². The maximum Gasteiger partial charge on any atom is 0.356 e. The number of hydrogen-bond donors (Lipinski definition) is 2. The molecule has 4 aromatic rings. The number of halogens is 3. The third kappa shape index (κ3) is 6.86. The molecule has 0 aliphatic heterocycles. The van der Waals surface area contributed by atoms with Gasteiger partial charge in [-0.2, -0.15) is 5.10 Å². The highest BCUT2D eigenvalue weighted by atomic mass is 19.1. The van der Waals surface area contributed by atoms with Gasteiger partial charge in [0.05, 0.1) is 17.8 Å². The normalized spacial score (nSPS) is 12.0. The van der Waals surface area contributed by atoms with Crippen LogP contribution in [-0.4, -0.2) is 37.5 Å². The van der Waals surface area contributed by atoms with Gasteiger partial charge in [0.2, 0.25) is 0 Å². The fraction of sp³-hybridized carbons (Fsp3) is 0.233. The SMILES string of the molecule is CC(C)c1cc(C(=O)O)nn1CC(=O)C[C@@H](Cc1cc(F)cc(F)c1)c1ncccc1-c1ccc(F)c(C(N)=O)c1. The molecule has 11 heteroatoms. The van der Waals surface area contributed by atoms with Crippen molar-refractivity contribution in [2.75, 3.05) is 0 Å². The Morgan fingerprint density at radius 3 is 2.34 bits per heavy atom. The molecule has 0 spiro atoms. The summed E-state index contributed by atoms with van der Waals surface area (Å²) in [5, 5.41) is 13.4. The predicted octanol–water partition coefficient (Wildman–Crippen LogP) is 5.27. The lowest BCUT2D eigenvalue weighted by molar-refractivity contribution is -0.120. The molecule has 0 radical (unpaired) electrons. The first-order chi connectivity index (χ1) is 19.4. The molecule has 1 amide bonds. The topological polar surface area (TPSA) is 128 Å². The summed E-state index contributed by atoms with van der Waals surface area (Å²) in [7, 11) is 0. The summed E-state index contributed by atoms with van der Waals surface area (Å²) in [6.07, 6.45) is 1.36. The van der Waals surface area contributed by atoms with E-state index in [-0.39, 0.29) is 47.9 Å². The maximum absolute atomic E-state index is 14.2. The third-order valence-electron chi connectivity index (χ3n) is 6.59. The first-order valence-electron chi connectivity index (χ1n) is 12.7. The van der Waals surface area contributed by atoms with Gasteiger partial charge >= 0.3 is 5.97 Å². The van der Waals surface area contributed by atoms with Crippen LogP contribution in [0.3, 0.4) is 0 Å². The van der Waals surface area contributed by atoms with E-state index in [4.69, 9.17) is 5.73 Å². The zero-order valence-corrected chi connectivity index (χ0v) is 22.3. The first kappa shape index (κ1) is 29.2. The molecule has 4 rings (SSSR count). The van der Waals surface area contributed by atoms with Crippen LogP contribution in [0.15, 0.2) is 60.8 Å². The Morgan fingerprint density at radius 1 is 1.00 bits per heavy atom. The summed E-state index contributed by atoms with van der Waals surface area (Å²) in [6.45, 7) is 3.45. The molecule has 41 heavy (non-hydrogen) atoms. The number of Topliss-reactive ketones (excluding diaryl/α,β-unsaturated/α-hetero) is 1. The van der Waals surface area contributed by atoms with E-state index in [2.05, 4.69) is 10.1 Å². The van der Waals surface area contributed by atoms with Crippen molar-refractivity contribution in [2.45, 2.75) is 45.1 Å². The zero-order chi connectivity index (χ0) is 29.8. The van der Waals surface area contributed by atoms with Gasteiger partial charge in [0, 0.05) is 35.9 Å². The minimum Gasteiger partial charge on any atom is -0.476 e. The summed E-state index contributed by atoms with van der Waals surface area (Å²) in [4.78, 5) is 41.1. The number of ketones is 1. The summed E-state index contributed by atoms with van der Waals surface area (Å²) in [5.74, 6) is -5.70. The summed E-state index contributed by atoms with van der Waals surface area (Å²) >= 11 is 0. The number of pyridine rings is 1. The van der Waals surface area contributed by atoms with Gasteiger partial charge in [-0.3, -0.25) is 19.3 Å². The molecule has 2 heterocycles. The fourth-order valence-corrected chi connectivity index (χ4v) is 4.78. The molecular formula is C30H27F3N4O4. The fourth-order valence-electron chi connectivity index (χ4n) is 4.78. The second kappa shape index (κ2) is 12.2. The number of aromatic nitrogens is 3. The van der Waals surface area contributed by atoms with E-state index in [1.54, 1.807) is 12.1 Å². The highest BCUT2D eigenvalue weighted by Gasteiger charge is 2.25. The van der Waals surface area contributed by atoms with Crippen molar-refractivity contribution in [1.29, 1.82) is 0 Å². The number of nitrogens with two attached hydrogens (primary N) is 1. The maximum atomic E-state index is 14.2. The van der Waals surface area contributed by atoms with Gasteiger partial charge in [-0.05, 0) is 59.9 Å². The number of rotatable bonds is 11. The Morgan fingerprint density at radius 2 is 1.71 bits per heavy atom. The number of carbonyl (C=O) groups excluding carboxylic acids is 2. The molecule has 0 unspecified atom stereocenters. The smallest absolute Gasteiger partial charge is 0.356 e. The quantitative estimate of drug-likeness (QED) is 0.256. The molecule has 1 atom stereocenters. The predicted molar refractivity (Wildman–Crippen MR) is 144 cm³/mol. The summed E-state index contributed by atoms with van der Waals surface area (Å²) < 4.78 is 43.7. The van der Waals surface area contributed by atoms with Crippen molar-refractivity contribution < 1.29 is 32.7 Å². The average Bonchev–Trinajstić information content (AvgIpc) is 3.32. The van der Waals surface area contributed by atoms with Crippen molar-refractivity contribution in [3.63, 3.8) is 0 Å². The molecule has 212 valence electrons. The van der Waals surface area contributed by atoms with Crippen molar-refractivity contribution in [3.8, 4) is 11.1 Å². The lowest BCUT2D eigenvalue weighted by Gasteiger charge is -2.20. The number of primary amides is 1. The lowest BCUT2D eigenvalue weighted by Crippen LogP contribution is -2.19. The van der Waals surface area contributed by atoms with E-state index >= 15 is 0 Å². The van der Waals surface area contributed by atoms with Gasteiger partial charge in [0.15, 0.2) is 11.5 Å². The van der Waals surface area contributed by atoms with Crippen LogP contribution in [0.25, 0.3) is 11.1 Å². The molecule has 2 aromatic heterocycles. The number of carboxylic acids is 1. The third-order valence-corrected chi connectivity index (χ3v) is 6.59. The van der Waals surface area contributed by atoms with Crippen molar-refractivity contribution in [2.24, 2.45) is 5.73 Å². The number of hydrogen-bond acceptors (Lipinski definition) is 5. The molecule has 0 fully saturated rings. The Labute approximate surface area is 233 Å². The highest BCUT2D eigenvalue weighted by Crippen LogP contribution is 2.33. The second-order valence-corrected chi connectivity index (χ2v) is 9.99. The number of carbonyl (C=O) groups is 3. The highest BCUT2D eigenvalue weighted by molar-refractivity contribution is 5.94. The summed E-state index contributed by atoms with van der Waals surface area (Å²) in [6, 6.07) is 11.6. The van der Waals surface area contributed by atoms with Crippen LogP contribution in [0.2, 0.25) is 0 Å². The summed E-state index contributed by atoms with van der Waals surface area (Å²) in [5.41, 5.74) is 6.91. The van der Waals surface area contributed by atoms with Gasteiger partial charge in [-0.15, -0.1) is 0 Å². The van der Waals surface area contributed by atoms with Gasteiger partial charge in [-0.25, -0.2) is 18.0 Å². The largest absolute Gasteiger partial charge is 0.476 e. The zero-order valence-electron chi connectivity index (χ0n) is 22.3. The van der Waals surface area contributed by atoms with E-state index in [0.717, 1.165) is 24.3 Å². The Balaban J connectivity index is 1.75. The van der Waals surface area contributed by atoms with E-state index in [9.17, 15) is 32.7 Å². The lowest BCUT2D eigenvalue weighted by atomic mass is 9.86. The monoisotopic (exact) mass is 564 g/mol. The van der Waals surface area contributed by atoms with Crippen LogP contribution in [0.5, 0.6) is 0 Å².